The van der Waals surface area contributed by atoms with Crippen LogP contribution in [0.1, 0.15) is 19.3 Å². The van der Waals surface area contributed by atoms with Gasteiger partial charge in [0.05, 0.1) is 30.6 Å². The Morgan fingerprint density at radius 3 is 2.89 bits per heavy atom. The first kappa shape index (κ1) is 13.8. The van der Waals surface area contributed by atoms with Gasteiger partial charge in [0, 0.05) is 19.1 Å². The molecule has 0 amide bonds. The lowest BCUT2D eigenvalue weighted by molar-refractivity contribution is -0.142. The third-order valence-electron chi connectivity index (χ3n) is 3.53. The van der Waals surface area contributed by atoms with Gasteiger partial charge >= 0.3 is 5.97 Å². The highest BCUT2D eigenvalue weighted by Gasteiger charge is 2.32. The lowest BCUT2D eigenvalue weighted by Crippen LogP contribution is -2.51. The van der Waals surface area contributed by atoms with Crippen molar-refractivity contribution >= 4 is 15.8 Å². The Morgan fingerprint density at radius 1 is 1.44 bits per heavy atom. The summed E-state index contributed by atoms with van der Waals surface area (Å²) in [5.74, 6) is -0.391. The Bertz CT molecular complexity index is 408. The quantitative estimate of drug-likeness (QED) is 0.765. The smallest absolute Gasteiger partial charge is 0.306 e. The molecule has 0 aliphatic carbocycles. The van der Waals surface area contributed by atoms with E-state index in [2.05, 4.69) is 4.90 Å². The van der Waals surface area contributed by atoms with Crippen LogP contribution >= 0.6 is 0 Å². The SMILES string of the molecule is O=C(O)CC1CN(C2CCCS(=O)(=O)C2)CCO1. The Balaban J connectivity index is 1.94. The van der Waals surface area contributed by atoms with Gasteiger partial charge in [0.15, 0.2) is 9.84 Å². The number of hydrogen-bond acceptors (Lipinski definition) is 5. The van der Waals surface area contributed by atoms with Crippen LogP contribution in [0.25, 0.3) is 0 Å². The Hall–Kier alpha value is -0.660. The highest BCUT2D eigenvalue weighted by Crippen LogP contribution is 2.20. The van der Waals surface area contributed by atoms with E-state index in [1.165, 1.54) is 0 Å². The van der Waals surface area contributed by atoms with Crippen molar-refractivity contribution in [3.8, 4) is 0 Å². The molecule has 2 aliphatic rings. The van der Waals surface area contributed by atoms with Gasteiger partial charge < -0.3 is 9.84 Å². The maximum atomic E-state index is 11.6. The van der Waals surface area contributed by atoms with Gasteiger partial charge in [-0.2, -0.15) is 0 Å². The first-order valence-electron chi connectivity index (χ1n) is 6.24. The topological polar surface area (TPSA) is 83.9 Å². The van der Waals surface area contributed by atoms with Crippen molar-refractivity contribution in [2.45, 2.75) is 31.4 Å². The van der Waals surface area contributed by atoms with Gasteiger partial charge in [-0.25, -0.2) is 8.42 Å². The van der Waals surface area contributed by atoms with E-state index in [-0.39, 0.29) is 30.1 Å². The minimum Gasteiger partial charge on any atom is -0.481 e. The average molecular weight is 277 g/mol. The van der Waals surface area contributed by atoms with Gasteiger partial charge in [0.25, 0.3) is 0 Å². The molecule has 7 heteroatoms. The van der Waals surface area contributed by atoms with Gasteiger partial charge in [0.2, 0.25) is 0 Å². The van der Waals surface area contributed by atoms with Gasteiger partial charge in [-0.3, -0.25) is 9.69 Å². The third kappa shape index (κ3) is 3.66. The largest absolute Gasteiger partial charge is 0.481 e. The molecule has 18 heavy (non-hydrogen) atoms. The van der Waals surface area contributed by atoms with Crippen LogP contribution in [-0.2, 0) is 19.4 Å². The zero-order chi connectivity index (χ0) is 13.2. The molecule has 2 fully saturated rings. The highest BCUT2D eigenvalue weighted by atomic mass is 32.2. The number of hydrogen-bond donors (Lipinski definition) is 1. The van der Waals surface area contributed by atoms with Crippen LogP contribution in [0.2, 0.25) is 0 Å². The second-order valence-electron chi connectivity index (χ2n) is 5.00. The van der Waals surface area contributed by atoms with E-state index >= 15 is 0 Å². The van der Waals surface area contributed by atoms with Crippen LogP contribution in [0.3, 0.4) is 0 Å². The number of morpholine rings is 1. The molecular formula is C11H19NO5S. The second kappa shape index (κ2) is 5.54. The minimum atomic E-state index is -2.92. The number of rotatable bonds is 3. The molecule has 0 spiro atoms. The van der Waals surface area contributed by atoms with E-state index in [0.29, 0.717) is 26.1 Å². The van der Waals surface area contributed by atoms with Crippen molar-refractivity contribution in [2.24, 2.45) is 0 Å². The predicted molar refractivity (Wildman–Crippen MR) is 65.2 cm³/mol. The molecular weight excluding hydrogens is 258 g/mol. The molecule has 0 bridgehead atoms. The summed E-state index contributed by atoms with van der Waals surface area (Å²) >= 11 is 0. The summed E-state index contributed by atoms with van der Waals surface area (Å²) in [6.45, 7) is 1.69. The van der Waals surface area contributed by atoms with Gasteiger partial charge in [-0.15, -0.1) is 0 Å². The van der Waals surface area contributed by atoms with Crippen molar-refractivity contribution < 1.29 is 23.1 Å². The van der Waals surface area contributed by atoms with E-state index in [4.69, 9.17) is 9.84 Å². The van der Waals surface area contributed by atoms with E-state index in [0.717, 1.165) is 6.42 Å². The van der Waals surface area contributed by atoms with Crippen LogP contribution in [0.5, 0.6) is 0 Å². The molecule has 0 aromatic rings. The van der Waals surface area contributed by atoms with E-state index in [1.54, 1.807) is 0 Å². The fraction of sp³-hybridized carbons (Fsp3) is 0.909. The fourth-order valence-electron chi connectivity index (χ4n) is 2.68. The number of nitrogens with zero attached hydrogens (tertiary/aromatic N) is 1. The summed E-state index contributed by atoms with van der Waals surface area (Å²) in [4.78, 5) is 12.7. The molecule has 1 N–H and O–H groups in total. The monoisotopic (exact) mass is 277 g/mol. The van der Waals surface area contributed by atoms with Crippen LogP contribution < -0.4 is 0 Å². The average Bonchev–Trinajstić information content (AvgIpc) is 2.27. The van der Waals surface area contributed by atoms with Crippen molar-refractivity contribution in [3.05, 3.63) is 0 Å². The number of carboxylic acids is 1. The van der Waals surface area contributed by atoms with Crippen LogP contribution in [-0.4, -0.2) is 67.7 Å². The van der Waals surface area contributed by atoms with Gasteiger partial charge in [0.1, 0.15) is 0 Å². The lowest BCUT2D eigenvalue weighted by Gasteiger charge is -2.39. The molecule has 2 saturated heterocycles. The number of carboxylic acid groups (broad SMARTS) is 1. The van der Waals surface area contributed by atoms with E-state index in [1.807, 2.05) is 0 Å². The maximum Gasteiger partial charge on any atom is 0.306 e. The van der Waals surface area contributed by atoms with Gasteiger partial charge in [-0.05, 0) is 12.8 Å². The zero-order valence-electron chi connectivity index (χ0n) is 10.2. The van der Waals surface area contributed by atoms with E-state index in [9.17, 15) is 13.2 Å². The zero-order valence-corrected chi connectivity index (χ0v) is 11.1. The standard InChI is InChI=1S/C11H19NO5S/c13-11(14)6-10-7-12(3-4-17-10)9-2-1-5-18(15,16)8-9/h9-10H,1-8H2,(H,13,14). The van der Waals surface area contributed by atoms with Crippen LogP contribution in [0, 0.1) is 0 Å². The molecule has 0 aromatic carbocycles. The molecule has 0 saturated carbocycles. The lowest BCUT2D eigenvalue weighted by atomic mass is 10.1. The molecule has 2 atom stereocenters. The summed E-state index contributed by atoms with van der Waals surface area (Å²) in [6.07, 6.45) is 1.24. The summed E-state index contributed by atoms with van der Waals surface area (Å²) in [6, 6.07) is 0.0314. The number of ether oxygens (including phenoxy) is 1. The van der Waals surface area contributed by atoms with E-state index < -0.39 is 15.8 Å². The Kier molecular flexibility index (Phi) is 4.24. The molecule has 0 aromatic heterocycles. The fourth-order valence-corrected chi connectivity index (χ4v) is 4.42. The first-order chi connectivity index (χ1) is 8.46. The molecule has 104 valence electrons. The number of carbonyl (C=O) groups is 1. The Morgan fingerprint density at radius 2 is 2.22 bits per heavy atom. The summed E-state index contributed by atoms with van der Waals surface area (Å²) in [5.41, 5.74) is 0. The predicted octanol–water partition coefficient (Wildman–Crippen LogP) is -0.261. The molecule has 6 nitrogen and oxygen atoms in total. The third-order valence-corrected chi connectivity index (χ3v) is 5.33. The van der Waals surface area contributed by atoms with Crippen molar-refractivity contribution in [3.63, 3.8) is 0 Å². The van der Waals surface area contributed by atoms with Gasteiger partial charge in [-0.1, -0.05) is 0 Å². The van der Waals surface area contributed by atoms with Crippen molar-refractivity contribution in [2.75, 3.05) is 31.2 Å². The summed E-state index contributed by atoms with van der Waals surface area (Å²) in [5, 5.41) is 8.75. The Labute approximate surface area is 107 Å². The minimum absolute atomic E-state index is 0.0179. The number of aliphatic carboxylic acids is 1. The molecule has 2 unspecified atom stereocenters. The molecule has 0 radical (unpaired) electrons. The normalized spacial score (nSPS) is 33.1. The molecule has 2 aliphatic heterocycles. The second-order valence-corrected chi connectivity index (χ2v) is 7.22. The van der Waals surface area contributed by atoms with Crippen LogP contribution in [0.4, 0.5) is 0 Å². The van der Waals surface area contributed by atoms with Crippen LogP contribution in [0.15, 0.2) is 0 Å². The highest BCUT2D eigenvalue weighted by molar-refractivity contribution is 7.91. The summed E-state index contributed by atoms with van der Waals surface area (Å²) < 4.78 is 28.6. The van der Waals surface area contributed by atoms with Crippen molar-refractivity contribution in [1.29, 1.82) is 0 Å². The number of sulfone groups is 1. The molecule has 2 heterocycles. The molecule has 2 rings (SSSR count). The van der Waals surface area contributed by atoms with Crippen molar-refractivity contribution in [1.82, 2.24) is 4.90 Å². The first-order valence-corrected chi connectivity index (χ1v) is 8.06. The summed E-state index contributed by atoms with van der Waals surface area (Å²) in [7, 11) is -2.92. The maximum absolute atomic E-state index is 11.6.